The van der Waals surface area contributed by atoms with E-state index in [1.54, 1.807) is 0 Å². The number of rotatable bonds is 5. The van der Waals surface area contributed by atoms with Crippen molar-refractivity contribution >= 4 is 11.8 Å². The van der Waals surface area contributed by atoms with Gasteiger partial charge in [0, 0.05) is 17.8 Å². The van der Waals surface area contributed by atoms with Crippen LogP contribution in [0.1, 0.15) is 25.7 Å². The average molecular weight is 200 g/mol. The normalized spacial score (nSPS) is 28.6. The third-order valence-corrected chi connectivity index (χ3v) is 4.16. The molecule has 0 aromatic carbocycles. The molecule has 3 heteroatoms. The van der Waals surface area contributed by atoms with Crippen LogP contribution < -0.4 is 5.73 Å². The summed E-state index contributed by atoms with van der Waals surface area (Å²) in [5.41, 5.74) is 5.56. The second-order valence-electron chi connectivity index (χ2n) is 4.13. The standard InChI is InChI=1S/C10H20N2S/c11-5-1-6-12(9-2-3-9)10-4-7-13-8-10/h9-10H,1-8,11H2. The van der Waals surface area contributed by atoms with Crippen LogP contribution >= 0.6 is 11.8 Å². The smallest absolute Gasteiger partial charge is 0.0197 e. The van der Waals surface area contributed by atoms with Gasteiger partial charge >= 0.3 is 0 Å². The lowest BCUT2D eigenvalue weighted by atomic mass is 10.2. The summed E-state index contributed by atoms with van der Waals surface area (Å²) in [6.45, 7) is 2.09. The van der Waals surface area contributed by atoms with Gasteiger partial charge in [0.1, 0.15) is 0 Å². The van der Waals surface area contributed by atoms with E-state index in [2.05, 4.69) is 16.7 Å². The Morgan fingerprint density at radius 1 is 1.23 bits per heavy atom. The summed E-state index contributed by atoms with van der Waals surface area (Å²) in [4.78, 5) is 2.73. The minimum absolute atomic E-state index is 0.850. The molecule has 2 fully saturated rings. The Bertz CT molecular complexity index is 153. The van der Waals surface area contributed by atoms with E-state index in [0.29, 0.717) is 0 Å². The fourth-order valence-electron chi connectivity index (χ4n) is 2.13. The third-order valence-electron chi connectivity index (χ3n) is 3.01. The molecular formula is C10H20N2S. The van der Waals surface area contributed by atoms with Crippen molar-refractivity contribution in [1.82, 2.24) is 4.90 Å². The molecule has 2 rings (SSSR count). The number of hydrogen-bond donors (Lipinski definition) is 1. The summed E-state index contributed by atoms with van der Waals surface area (Å²) in [5.74, 6) is 2.73. The SMILES string of the molecule is NCCCN(C1CC1)C1CCSC1. The molecule has 0 aromatic rings. The van der Waals surface area contributed by atoms with Gasteiger partial charge in [-0.25, -0.2) is 0 Å². The highest BCUT2D eigenvalue weighted by Crippen LogP contribution is 2.33. The minimum Gasteiger partial charge on any atom is -0.330 e. The molecule has 0 aromatic heterocycles. The van der Waals surface area contributed by atoms with Crippen LogP contribution in [0.4, 0.5) is 0 Å². The Labute approximate surface area is 85.2 Å². The molecule has 0 amide bonds. The summed E-state index contributed by atoms with van der Waals surface area (Å²) in [7, 11) is 0. The predicted octanol–water partition coefficient (Wildman–Crippen LogP) is 1.31. The lowest BCUT2D eigenvalue weighted by molar-refractivity contribution is 0.201. The van der Waals surface area contributed by atoms with Gasteiger partial charge in [0.05, 0.1) is 0 Å². The highest BCUT2D eigenvalue weighted by Gasteiger charge is 2.34. The second kappa shape index (κ2) is 4.67. The molecule has 13 heavy (non-hydrogen) atoms. The fraction of sp³-hybridized carbons (Fsp3) is 1.00. The van der Waals surface area contributed by atoms with Gasteiger partial charge in [0.15, 0.2) is 0 Å². The maximum Gasteiger partial charge on any atom is 0.0197 e. The van der Waals surface area contributed by atoms with Crippen LogP contribution in [0, 0.1) is 0 Å². The molecule has 1 aliphatic carbocycles. The first-order chi connectivity index (χ1) is 6.42. The zero-order chi connectivity index (χ0) is 9.10. The summed E-state index contributed by atoms with van der Waals surface area (Å²) in [6.07, 6.45) is 5.46. The van der Waals surface area contributed by atoms with Gasteiger partial charge in [-0.15, -0.1) is 0 Å². The van der Waals surface area contributed by atoms with Gasteiger partial charge in [-0.1, -0.05) is 0 Å². The zero-order valence-electron chi connectivity index (χ0n) is 8.24. The number of nitrogens with two attached hydrogens (primary N) is 1. The Kier molecular flexibility index (Phi) is 3.52. The second-order valence-corrected chi connectivity index (χ2v) is 5.28. The molecule has 76 valence electrons. The molecular weight excluding hydrogens is 180 g/mol. The molecule has 2 N–H and O–H groups in total. The van der Waals surface area contributed by atoms with Gasteiger partial charge in [0.2, 0.25) is 0 Å². The molecule has 1 unspecified atom stereocenters. The molecule has 1 saturated carbocycles. The largest absolute Gasteiger partial charge is 0.330 e. The molecule has 0 bridgehead atoms. The van der Waals surface area contributed by atoms with Crippen molar-refractivity contribution in [3.63, 3.8) is 0 Å². The van der Waals surface area contributed by atoms with E-state index < -0.39 is 0 Å². The molecule has 1 saturated heterocycles. The predicted molar refractivity (Wildman–Crippen MR) is 59.1 cm³/mol. The first kappa shape index (κ1) is 9.81. The molecule has 2 aliphatic rings. The zero-order valence-corrected chi connectivity index (χ0v) is 9.06. The Morgan fingerprint density at radius 2 is 2.08 bits per heavy atom. The van der Waals surface area contributed by atoms with Crippen molar-refractivity contribution in [3.05, 3.63) is 0 Å². The lowest BCUT2D eigenvalue weighted by Crippen LogP contribution is -2.38. The number of nitrogens with zero attached hydrogens (tertiary/aromatic N) is 1. The first-order valence-corrected chi connectivity index (χ1v) is 6.61. The van der Waals surface area contributed by atoms with E-state index in [4.69, 9.17) is 5.73 Å². The van der Waals surface area contributed by atoms with Gasteiger partial charge in [-0.3, -0.25) is 4.90 Å². The van der Waals surface area contributed by atoms with Crippen LogP contribution in [0.2, 0.25) is 0 Å². The molecule has 1 aliphatic heterocycles. The molecule has 0 spiro atoms. The summed E-state index contributed by atoms with van der Waals surface area (Å²) in [5, 5.41) is 0. The first-order valence-electron chi connectivity index (χ1n) is 5.45. The van der Waals surface area contributed by atoms with E-state index >= 15 is 0 Å². The molecule has 0 radical (unpaired) electrons. The number of thioether (sulfide) groups is 1. The van der Waals surface area contributed by atoms with Gasteiger partial charge in [-0.05, 0) is 44.5 Å². The Morgan fingerprint density at radius 3 is 2.62 bits per heavy atom. The summed E-state index contributed by atoms with van der Waals surface area (Å²) in [6, 6.07) is 1.80. The van der Waals surface area contributed by atoms with Crippen LogP contribution in [0.3, 0.4) is 0 Å². The maximum atomic E-state index is 5.56. The van der Waals surface area contributed by atoms with E-state index in [-0.39, 0.29) is 0 Å². The van der Waals surface area contributed by atoms with Gasteiger partial charge < -0.3 is 5.73 Å². The average Bonchev–Trinajstić information content (AvgIpc) is 2.82. The molecule has 1 heterocycles. The molecule has 2 nitrogen and oxygen atoms in total. The van der Waals surface area contributed by atoms with Gasteiger partial charge in [0.25, 0.3) is 0 Å². The fourth-order valence-corrected chi connectivity index (χ4v) is 3.36. The highest BCUT2D eigenvalue weighted by atomic mass is 32.2. The van der Waals surface area contributed by atoms with Crippen molar-refractivity contribution < 1.29 is 0 Å². The van der Waals surface area contributed by atoms with Crippen LogP contribution in [-0.2, 0) is 0 Å². The van der Waals surface area contributed by atoms with Crippen LogP contribution in [0.25, 0.3) is 0 Å². The van der Waals surface area contributed by atoms with E-state index in [0.717, 1.165) is 18.6 Å². The van der Waals surface area contributed by atoms with Crippen LogP contribution in [0.15, 0.2) is 0 Å². The number of hydrogen-bond acceptors (Lipinski definition) is 3. The van der Waals surface area contributed by atoms with Crippen molar-refractivity contribution in [2.24, 2.45) is 5.73 Å². The Balaban J connectivity index is 1.80. The van der Waals surface area contributed by atoms with Crippen molar-refractivity contribution in [2.75, 3.05) is 24.6 Å². The van der Waals surface area contributed by atoms with E-state index in [1.807, 2.05) is 0 Å². The highest BCUT2D eigenvalue weighted by molar-refractivity contribution is 7.99. The quantitative estimate of drug-likeness (QED) is 0.725. The maximum absolute atomic E-state index is 5.56. The summed E-state index contributed by atoms with van der Waals surface area (Å²) < 4.78 is 0. The van der Waals surface area contributed by atoms with Crippen molar-refractivity contribution in [3.8, 4) is 0 Å². The topological polar surface area (TPSA) is 29.3 Å². The van der Waals surface area contributed by atoms with Crippen LogP contribution in [0.5, 0.6) is 0 Å². The van der Waals surface area contributed by atoms with E-state index in [9.17, 15) is 0 Å². The van der Waals surface area contributed by atoms with Crippen molar-refractivity contribution in [1.29, 1.82) is 0 Å². The summed E-state index contributed by atoms with van der Waals surface area (Å²) >= 11 is 2.12. The van der Waals surface area contributed by atoms with Crippen LogP contribution in [-0.4, -0.2) is 41.6 Å². The lowest BCUT2D eigenvalue weighted by Gasteiger charge is -2.28. The van der Waals surface area contributed by atoms with Crippen molar-refractivity contribution in [2.45, 2.75) is 37.8 Å². The molecule has 1 atom stereocenters. The Hall–Kier alpha value is 0.270. The van der Waals surface area contributed by atoms with E-state index in [1.165, 1.54) is 43.7 Å². The third kappa shape index (κ3) is 2.61. The minimum atomic E-state index is 0.850. The monoisotopic (exact) mass is 200 g/mol. The van der Waals surface area contributed by atoms with Gasteiger partial charge in [-0.2, -0.15) is 11.8 Å².